The van der Waals surface area contributed by atoms with Crippen molar-refractivity contribution < 1.29 is 19.4 Å². The number of rotatable bonds is 7. The predicted octanol–water partition coefficient (Wildman–Crippen LogP) is 2.64. The first-order valence-corrected chi connectivity index (χ1v) is 7.05. The molecular formula is C15H20ClNO4. The van der Waals surface area contributed by atoms with Gasteiger partial charge in [-0.25, -0.2) is 0 Å². The van der Waals surface area contributed by atoms with Gasteiger partial charge >= 0.3 is 5.97 Å². The van der Waals surface area contributed by atoms with Gasteiger partial charge in [0.15, 0.2) is 6.61 Å². The Hall–Kier alpha value is -1.75. The fourth-order valence-corrected chi connectivity index (χ4v) is 1.73. The number of benzene rings is 1. The number of aryl methyl sites for hydroxylation is 1. The Morgan fingerprint density at radius 3 is 2.67 bits per heavy atom. The first kappa shape index (κ1) is 17.3. The average Bonchev–Trinajstić information content (AvgIpc) is 2.45. The highest BCUT2D eigenvalue weighted by Gasteiger charge is 2.31. The van der Waals surface area contributed by atoms with Crippen LogP contribution in [0.5, 0.6) is 5.75 Å². The van der Waals surface area contributed by atoms with Crippen molar-refractivity contribution in [3.05, 3.63) is 28.8 Å². The lowest BCUT2D eigenvalue weighted by Crippen LogP contribution is -2.42. The lowest BCUT2D eigenvalue weighted by Gasteiger charge is -2.23. The molecule has 0 aliphatic rings. The summed E-state index contributed by atoms with van der Waals surface area (Å²) >= 11 is 5.96. The average molecular weight is 314 g/mol. The fraction of sp³-hybridized carbons (Fsp3) is 0.467. The molecule has 0 fully saturated rings. The van der Waals surface area contributed by atoms with E-state index in [4.69, 9.17) is 21.4 Å². The number of carboxylic acid groups (broad SMARTS) is 1. The van der Waals surface area contributed by atoms with Crippen LogP contribution in [0, 0.1) is 12.3 Å². The van der Waals surface area contributed by atoms with Gasteiger partial charge in [0.2, 0.25) is 0 Å². The molecule has 1 unspecified atom stereocenters. The molecule has 0 aliphatic carbocycles. The van der Waals surface area contributed by atoms with Crippen LogP contribution in [0.3, 0.4) is 0 Å². The zero-order valence-electron chi connectivity index (χ0n) is 12.4. The molecule has 2 N–H and O–H groups in total. The summed E-state index contributed by atoms with van der Waals surface area (Å²) in [6.45, 7) is 5.10. The van der Waals surface area contributed by atoms with Gasteiger partial charge in [0, 0.05) is 6.54 Å². The van der Waals surface area contributed by atoms with Crippen LogP contribution in [0.15, 0.2) is 18.2 Å². The summed E-state index contributed by atoms with van der Waals surface area (Å²) in [7, 11) is 0. The van der Waals surface area contributed by atoms with Gasteiger partial charge in [-0.15, -0.1) is 0 Å². The van der Waals surface area contributed by atoms with Crippen LogP contribution in [0.4, 0.5) is 0 Å². The van der Waals surface area contributed by atoms with E-state index in [-0.39, 0.29) is 19.1 Å². The van der Waals surface area contributed by atoms with E-state index < -0.39 is 11.4 Å². The van der Waals surface area contributed by atoms with Crippen LogP contribution in [0.25, 0.3) is 0 Å². The molecule has 6 heteroatoms. The van der Waals surface area contributed by atoms with Crippen LogP contribution in [-0.4, -0.2) is 30.1 Å². The smallest absolute Gasteiger partial charge is 0.311 e. The number of ether oxygens (including phenoxy) is 1. The van der Waals surface area contributed by atoms with Gasteiger partial charge in [0.1, 0.15) is 5.75 Å². The van der Waals surface area contributed by atoms with E-state index in [1.807, 2.05) is 13.0 Å². The molecule has 0 bridgehead atoms. The van der Waals surface area contributed by atoms with E-state index in [1.165, 1.54) is 0 Å². The lowest BCUT2D eigenvalue weighted by molar-refractivity contribution is -0.148. The van der Waals surface area contributed by atoms with Crippen LogP contribution in [0.2, 0.25) is 5.02 Å². The minimum Gasteiger partial charge on any atom is -0.482 e. The number of hydrogen-bond donors (Lipinski definition) is 2. The SMILES string of the molecule is CCC(C)(CNC(=O)COc1cc(C)ccc1Cl)C(=O)O. The number of carboxylic acids is 1. The first-order valence-electron chi connectivity index (χ1n) is 6.67. The summed E-state index contributed by atoms with van der Waals surface area (Å²) in [5, 5.41) is 12.1. The van der Waals surface area contributed by atoms with Crippen LogP contribution >= 0.6 is 11.6 Å². The third-order valence-corrected chi connectivity index (χ3v) is 3.73. The number of aliphatic carboxylic acids is 1. The molecule has 0 spiro atoms. The van der Waals surface area contributed by atoms with Crippen molar-refractivity contribution in [1.82, 2.24) is 5.32 Å². The molecule has 0 aromatic heterocycles. The Balaban J connectivity index is 2.51. The molecule has 21 heavy (non-hydrogen) atoms. The number of carbonyl (C=O) groups excluding carboxylic acids is 1. The van der Waals surface area contributed by atoms with Crippen molar-refractivity contribution in [2.24, 2.45) is 5.41 Å². The largest absolute Gasteiger partial charge is 0.482 e. The Bertz CT molecular complexity index is 532. The van der Waals surface area contributed by atoms with E-state index in [2.05, 4.69) is 5.32 Å². The second kappa shape index (κ2) is 7.31. The van der Waals surface area contributed by atoms with E-state index in [0.717, 1.165) is 5.56 Å². The summed E-state index contributed by atoms with van der Waals surface area (Å²) in [4.78, 5) is 22.9. The first-order chi connectivity index (χ1) is 9.78. The second-order valence-corrected chi connectivity index (χ2v) is 5.63. The van der Waals surface area contributed by atoms with Gasteiger partial charge in [0.05, 0.1) is 10.4 Å². The third kappa shape index (κ3) is 4.93. The van der Waals surface area contributed by atoms with Crippen molar-refractivity contribution in [3.63, 3.8) is 0 Å². The van der Waals surface area contributed by atoms with E-state index in [0.29, 0.717) is 17.2 Å². The molecule has 0 saturated heterocycles. The molecular weight excluding hydrogens is 294 g/mol. The highest BCUT2D eigenvalue weighted by molar-refractivity contribution is 6.32. The third-order valence-electron chi connectivity index (χ3n) is 3.42. The molecule has 5 nitrogen and oxygen atoms in total. The van der Waals surface area contributed by atoms with Crippen molar-refractivity contribution in [2.45, 2.75) is 27.2 Å². The maximum Gasteiger partial charge on any atom is 0.311 e. The summed E-state index contributed by atoms with van der Waals surface area (Å²) in [5.41, 5.74) is -0.00403. The number of amides is 1. The highest BCUT2D eigenvalue weighted by atomic mass is 35.5. The van der Waals surface area contributed by atoms with Gasteiger partial charge in [-0.1, -0.05) is 24.6 Å². The second-order valence-electron chi connectivity index (χ2n) is 5.22. The number of hydrogen-bond acceptors (Lipinski definition) is 3. The Kier molecular flexibility index (Phi) is 6.03. The molecule has 0 aliphatic heterocycles. The minimum atomic E-state index is -0.976. The van der Waals surface area contributed by atoms with E-state index >= 15 is 0 Å². The maximum absolute atomic E-state index is 11.7. The topological polar surface area (TPSA) is 75.6 Å². The van der Waals surface area contributed by atoms with Crippen molar-refractivity contribution in [1.29, 1.82) is 0 Å². The molecule has 0 radical (unpaired) electrons. The van der Waals surface area contributed by atoms with Crippen LogP contribution < -0.4 is 10.1 Å². The number of nitrogens with one attached hydrogen (secondary N) is 1. The minimum absolute atomic E-state index is 0.0581. The zero-order valence-corrected chi connectivity index (χ0v) is 13.2. The van der Waals surface area contributed by atoms with Crippen LogP contribution in [-0.2, 0) is 9.59 Å². The molecule has 1 aromatic carbocycles. The monoisotopic (exact) mass is 313 g/mol. The van der Waals surface area contributed by atoms with Gasteiger partial charge in [-0.2, -0.15) is 0 Å². The summed E-state index contributed by atoms with van der Waals surface area (Å²) < 4.78 is 5.35. The lowest BCUT2D eigenvalue weighted by atomic mass is 9.88. The van der Waals surface area contributed by atoms with Crippen LogP contribution in [0.1, 0.15) is 25.8 Å². The summed E-state index contributed by atoms with van der Waals surface area (Å²) in [6, 6.07) is 5.28. The Morgan fingerprint density at radius 1 is 1.43 bits per heavy atom. The van der Waals surface area contributed by atoms with Gasteiger partial charge in [-0.05, 0) is 38.0 Å². The highest BCUT2D eigenvalue weighted by Crippen LogP contribution is 2.25. The maximum atomic E-state index is 11.7. The number of halogens is 1. The predicted molar refractivity (Wildman–Crippen MR) is 80.7 cm³/mol. The molecule has 1 rings (SSSR count). The van der Waals surface area contributed by atoms with E-state index in [9.17, 15) is 9.59 Å². The fourth-order valence-electron chi connectivity index (χ4n) is 1.56. The summed E-state index contributed by atoms with van der Waals surface area (Å²) in [6.07, 6.45) is 0.424. The Labute approximate surface area is 129 Å². The molecule has 0 heterocycles. The zero-order chi connectivity index (χ0) is 16.0. The molecule has 0 saturated carbocycles. The van der Waals surface area contributed by atoms with Gasteiger partial charge in [0.25, 0.3) is 5.91 Å². The van der Waals surface area contributed by atoms with Crippen molar-refractivity contribution >= 4 is 23.5 Å². The quantitative estimate of drug-likeness (QED) is 0.811. The van der Waals surface area contributed by atoms with Gasteiger partial charge < -0.3 is 15.2 Å². The molecule has 1 amide bonds. The number of carbonyl (C=O) groups is 2. The molecule has 1 aromatic rings. The normalized spacial score (nSPS) is 13.3. The Morgan fingerprint density at radius 2 is 2.10 bits per heavy atom. The standard InChI is InChI=1S/C15H20ClNO4/c1-4-15(3,14(19)20)9-17-13(18)8-21-12-7-10(2)5-6-11(12)16/h5-7H,4,8-9H2,1-3H3,(H,17,18)(H,19,20). The van der Waals surface area contributed by atoms with E-state index in [1.54, 1.807) is 26.0 Å². The van der Waals surface area contributed by atoms with Crippen molar-refractivity contribution in [2.75, 3.05) is 13.2 Å². The molecule has 116 valence electrons. The summed E-state index contributed by atoms with van der Waals surface area (Å²) in [5.74, 6) is -0.884. The van der Waals surface area contributed by atoms with Gasteiger partial charge in [-0.3, -0.25) is 9.59 Å². The molecule has 1 atom stereocenters. The van der Waals surface area contributed by atoms with Crippen molar-refractivity contribution in [3.8, 4) is 5.75 Å².